The molecule has 2 heterocycles. The fourth-order valence-electron chi connectivity index (χ4n) is 2.63. The van der Waals surface area contributed by atoms with E-state index in [0.717, 1.165) is 5.56 Å². The third-order valence-electron chi connectivity index (χ3n) is 4.04. The van der Waals surface area contributed by atoms with Gasteiger partial charge in [0.05, 0.1) is 7.11 Å². The number of carbonyl (C=O) groups is 1. The van der Waals surface area contributed by atoms with Crippen molar-refractivity contribution < 1.29 is 27.4 Å². The first-order valence-corrected chi connectivity index (χ1v) is 8.88. The van der Waals surface area contributed by atoms with Gasteiger partial charge in [-0.15, -0.1) is 0 Å². The van der Waals surface area contributed by atoms with Crippen molar-refractivity contribution in [2.24, 2.45) is 0 Å². The lowest BCUT2D eigenvalue weighted by Gasteiger charge is -2.10. The average molecular weight is 420 g/mol. The largest absolute Gasteiger partial charge is 0.494 e. The van der Waals surface area contributed by atoms with E-state index in [1.807, 2.05) is 25.1 Å². The number of hydrogen-bond acceptors (Lipinski definition) is 5. The van der Waals surface area contributed by atoms with Crippen LogP contribution in [0.2, 0.25) is 0 Å². The molecule has 3 rings (SSSR count). The van der Waals surface area contributed by atoms with Crippen LogP contribution in [-0.2, 0) is 6.54 Å². The van der Waals surface area contributed by atoms with E-state index in [1.54, 1.807) is 25.4 Å². The number of nitrogens with one attached hydrogen (secondary N) is 1. The molecule has 158 valence electrons. The Labute approximate surface area is 170 Å². The van der Waals surface area contributed by atoms with Crippen LogP contribution in [0.25, 0.3) is 5.69 Å². The topological polar surface area (TPSA) is 78.3 Å². The standard InChI is InChI=1S/C20H19F3N4O3/c1-13-3-4-17(29-2)16(9-13)27-8-6-15(26-27)19(28)25-11-14-5-7-24-18(10-14)30-12-20(21,22)23/h3-10H,11-12H2,1-2H3,(H,25,28). The van der Waals surface area contributed by atoms with E-state index < -0.39 is 18.7 Å². The van der Waals surface area contributed by atoms with Crippen LogP contribution in [0.5, 0.6) is 11.6 Å². The number of hydrogen-bond donors (Lipinski definition) is 1. The van der Waals surface area contributed by atoms with Crippen LogP contribution in [0.15, 0.2) is 48.8 Å². The lowest BCUT2D eigenvalue weighted by atomic mass is 10.2. The Hall–Kier alpha value is -3.56. The molecular weight excluding hydrogens is 401 g/mol. The predicted molar refractivity (Wildman–Crippen MR) is 102 cm³/mol. The maximum atomic E-state index is 12.4. The molecule has 0 aliphatic carbocycles. The van der Waals surface area contributed by atoms with Gasteiger partial charge in [-0.3, -0.25) is 4.79 Å². The highest BCUT2D eigenvalue weighted by Crippen LogP contribution is 2.23. The number of nitrogens with zero attached hydrogens (tertiary/aromatic N) is 3. The third-order valence-corrected chi connectivity index (χ3v) is 4.04. The molecule has 1 aromatic carbocycles. The highest BCUT2D eigenvalue weighted by molar-refractivity contribution is 5.92. The van der Waals surface area contributed by atoms with Crippen LogP contribution in [0.1, 0.15) is 21.6 Å². The summed E-state index contributed by atoms with van der Waals surface area (Å²) in [6, 6.07) is 10.1. The van der Waals surface area contributed by atoms with Crippen LogP contribution in [0.3, 0.4) is 0 Å². The quantitative estimate of drug-likeness (QED) is 0.634. The SMILES string of the molecule is COc1ccc(C)cc1-n1ccc(C(=O)NCc2ccnc(OCC(F)(F)F)c2)n1. The minimum Gasteiger partial charge on any atom is -0.494 e. The normalized spacial score (nSPS) is 11.2. The first-order chi connectivity index (χ1) is 14.2. The van der Waals surface area contributed by atoms with Crippen molar-refractivity contribution in [3.05, 3.63) is 65.6 Å². The van der Waals surface area contributed by atoms with E-state index in [1.165, 1.54) is 16.9 Å². The van der Waals surface area contributed by atoms with Gasteiger partial charge in [-0.1, -0.05) is 6.07 Å². The Morgan fingerprint density at radius 1 is 1.20 bits per heavy atom. The first-order valence-electron chi connectivity index (χ1n) is 8.88. The number of carbonyl (C=O) groups excluding carboxylic acids is 1. The maximum absolute atomic E-state index is 12.4. The van der Waals surface area contributed by atoms with Gasteiger partial charge in [0, 0.05) is 25.0 Å². The molecule has 0 atom stereocenters. The molecule has 2 aromatic heterocycles. The highest BCUT2D eigenvalue weighted by atomic mass is 19.4. The summed E-state index contributed by atoms with van der Waals surface area (Å²) in [7, 11) is 1.55. The molecule has 7 nitrogen and oxygen atoms in total. The van der Waals surface area contributed by atoms with E-state index >= 15 is 0 Å². The van der Waals surface area contributed by atoms with Crippen LogP contribution >= 0.6 is 0 Å². The molecule has 0 aliphatic rings. The number of aromatic nitrogens is 3. The summed E-state index contributed by atoms with van der Waals surface area (Å²) in [5, 5.41) is 6.95. The summed E-state index contributed by atoms with van der Waals surface area (Å²) in [5.41, 5.74) is 2.42. The molecule has 0 unspecified atom stereocenters. The molecule has 1 N–H and O–H groups in total. The molecule has 3 aromatic rings. The molecule has 0 saturated heterocycles. The van der Waals surface area contributed by atoms with Gasteiger partial charge in [0.2, 0.25) is 5.88 Å². The van der Waals surface area contributed by atoms with E-state index in [-0.39, 0.29) is 18.1 Å². The minimum absolute atomic E-state index is 0.0738. The number of amides is 1. The Balaban J connectivity index is 1.65. The molecule has 0 saturated carbocycles. The molecule has 1 amide bonds. The average Bonchev–Trinajstić information content (AvgIpc) is 3.20. The van der Waals surface area contributed by atoms with Crippen molar-refractivity contribution in [1.82, 2.24) is 20.1 Å². The Bertz CT molecular complexity index is 1030. The van der Waals surface area contributed by atoms with Crippen molar-refractivity contribution >= 4 is 5.91 Å². The van der Waals surface area contributed by atoms with Gasteiger partial charge in [-0.25, -0.2) is 9.67 Å². The minimum atomic E-state index is -4.45. The predicted octanol–water partition coefficient (Wildman–Crippen LogP) is 3.46. The van der Waals surface area contributed by atoms with Crippen molar-refractivity contribution in [3.8, 4) is 17.3 Å². The Kier molecular flexibility index (Phi) is 6.24. The zero-order valence-electron chi connectivity index (χ0n) is 16.2. The summed E-state index contributed by atoms with van der Waals surface area (Å²) >= 11 is 0. The fourth-order valence-corrected chi connectivity index (χ4v) is 2.63. The lowest BCUT2D eigenvalue weighted by Crippen LogP contribution is -2.23. The molecule has 0 spiro atoms. The molecule has 0 fully saturated rings. The van der Waals surface area contributed by atoms with Crippen LogP contribution in [0.4, 0.5) is 13.2 Å². The number of benzene rings is 1. The number of halogens is 3. The number of alkyl halides is 3. The molecule has 30 heavy (non-hydrogen) atoms. The Morgan fingerprint density at radius 2 is 2.00 bits per heavy atom. The van der Waals surface area contributed by atoms with Gasteiger partial charge in [-0.05, 0) is 42.3 Å². The molecule has 0 aliphatic heterocycles. The number of aryl methyl sites for hydroxylation is 1. The summed E-state index contributed by atoms with van der Waals surface area (Å²) in [5.74, 6) is 0.00339. The van der Waals surface area contributed by atoms with Crippen LogP contribution in [-0.4, -0.2) is 40.6 Å². The Morgan fingerprint density at radius 3 is 2.73 bits per heavy atom. The zero-order chi connectivity index (χ0) is 21.7. The summed E-state index contributed by atoms with van der Waals surface area (Å²) < 4.78 is 48.2. The smallest absolute Gasteiger partial charge is 0.422 e. The lowest BCUT2D eigenvalue weighted by molar-refractivity contribution is -0.154. The van der Waals surface area contributed by atoms with Crippen LogP contribution < -0.4 is 14.8 Å². The number of pyridine rings is 1. The molecular formula is C20H19F3N4O3. The van der Waals surface area contributed by atoms with E-state index in [2.05, 4.69) is 20.1 Å². The van der Waals surface area contributed by atoms with Gasteiger partial charge in [-0.2, -0.15) is 18.3 Å². The maximum Gasteiger partial charge on any atom is 0.422 e. The molecule has 0 radical (unpaired) electrons. The van der Waals surface area contributed by atoms with E-state index in [0.29, 0.717) is 17.0 Å². The number of rotatable bonds is 7. The molecule has 0 bridgehead atoms. The second-order valence-electron chi connectivity index (χ2n) is 6.41. The van der Waals surface area contributed by atoms with Gasteiger partial charge >= 0.3 is 6.18 Å². The fraction of sp³-hybridized carbons (Fsp3) is 0.250. The van der Waals surface area contributed by atoms with Gasteiger partial charge < -0.3 is 14.8 Å². The van der Waals surface area contributed by atoms with Gasteiger partial charge in [0.15, 0.2) is 12.3 Å². The van der Waals surface area contributed by atoms with Gasteiger partial charge in [0.1, 0.15) is 11.4 Å². The third kappa shape index (κ3) is 5.49. The van der Waals surface area contributed by atoms with Crippen molar-refractivity contribution in [1.29, 1.82) is 0 Å². The second-order valence-corrected chi connectivity index (χ2v) is 6.41. The highest BCUT2D eigenvalue weighted by Gasteiger charge is 2.28. The summed E-state index contributed by atoms with van der Waals surface area (Å²) in [4.78, 5) is 16.1. The summed E-state index contributed by atoms with van der Waals surface area (Å²) in [6.45, 7) is 0.571. The van der Waals surface area contributed by atoms with Crippen molar-refractivity contribution in [3.63, 3.8) is 0 Å². The number of methoxy groups -OCH3 is 1. The zero-order valence-corrected chi connectivity index (χ0v) is 16.2. The van der Waals surface area contributed by atoms with Crippen LogP contribution in [0, 0.1) is 6.92 Å². The van der Waals surface area contributed by atoms with Gasteiger partial charge in [0.25, 0.3) is 5.91 Å². The first kappa shape index (κ1) is 21.2. The second kappa shape index (κ2) is 8.85. The molecule has 10 heteroatoms. The van der Waals surface area contributed by atoms with Crippen molar-refractivity contribution in [2.75, 3.05) is 13.7 Å². The van der Waals surface area contributed by atoms with E-state index in [9.17, 15) is 18.0 Å². The van der Waals surface area contributed by atoms with E-state index in [4.69, 9.17) is 4.74 Å². The van der Waals surface area contributed by atoms with Crippen molar-refractivity contribution in [2.45, 2.75) is 19.6 Å². The number of ether oxygens (including phenoxy) is 2. The summed E-state index contributed by atoms with van der Waals surface area (Å²) in [6.07, 6.45) is -1.50. The monoisotopic (exact) mass is 420 g/mol.